The lowest BCUT2D eigenvalue weighted by molar-refractivity contribution is -0.167. The summed E-state index contributed by atoms with van der Waals surface area (Å²) in [6, 6.07) is 2.26. The van der Waals surface area contributed by atoms with Gasteiger partial charge in [0.2, 0.25) is 11.7 Å². The second-order valence-corrected chi connectivity index (χ2v) is 5.28. The van der Waals surface area contributed by atoms with Crippen LogP contribution in [-0.2, 0) is 19.2 Å². The van der Waals surface area contributed by atoms with Crippen LogP contribution >= 0.6 is 11.6 Å². The normalized spacial score (nSPS) is 23.3. The zero-order valence-corrected chi connectivity index (χ0v) is 12.8. The molecule has 1 aliphatic heterocycles. The van der Waals surface area contributed by atoms with Gasteiger partial charge in [-0.1, -0.05) is 23.7 Å². The van der Waals surface area contributed by atoms with Crippen LogP contribution in [0.1, 0.15) is 19.4 Å². The van der Waals surface area contributed by atoms with Crippen molar-refractivity contribution in [1.29, 1.82) is 0 Å². The Bertz CT molecular complexity index is 715. The summed E-state index contributed by atoms with van der Waals surface area (Å²) in [6.45, 7) is 3.23. The Morgan fingerprint density at radius 3 is 2.86 bits per heavy atom. The van der Waals surface area contributed by atoms with E-state index in [-0.39, 0.29) is 10.7 Å². The summed E-state index contributed by atoms with van der Waals surface area (Å²) in [7, 11) is 1.24. The maximum Gasteiger partial charge on any atom is 0.353 e. The van der Waals surface area contributed by atoms with Crippen molar-refractivity contribution in [2.45, 2.75) is 19.4 Å². The molecule has 1 aromatic carbocycles. The topological polar surface area (TPSA) is 77.3 Å². The molecule has 0 N–H and O–H groups in total. The third-order valence-electron chi connectivity index (χ3n) is 3.64. The van der Waals surface area contributed by atoms with Gasteiger partial charge in [-0.05, 0) is 19.1 Å². The quantitative estimate of drug-likeness (QED) is 0.486. The predicted octanol–water partition coefficient (Wildman–Crippen LogP) is 2.75. The number of nitrogens with zero attached hydrogens (tertiary/aromatic N) is 2. The fourth-order valence-corrected chi connectivity index (χ4v) is 2.38. The van der Waals surface area contributed by atoms with Crippen molar-refractivity contribution in [3.8, 4) is 0 Å². The number of methoxy groups -OCH3 is 1. The molecule has 0 spiro atoms. The molecular weight excluding hydrogens is 315 g/mol. The number of hydrogen-bond acceptors (Lipinski definition) is 6. The number of ether oxygens (including phenoxy) is 1. The van der Waals surface area contributed by atoms with Crippen LogP contribution in [-0.4, -0.2) is 30.5 Å². The molecule has 2 atom stereocenters. The van der Waals surface area contributed by atoms with Crippen molar-refractivity contribution in [3.05, 3.63) is 28.5 Å². The van der Waals surface area contributed by atoms with E-state index in [9.17, 15) is 14.0 Å². The molecule has 0 aliphatic carbocycles. The van der Waals surface area contributed by atoms with E-state index in [0.717, 1.165) is 6.07 Å². The van der Waals surface area contributed by atoms with Crippen molar-refractivity contribution in [1.82, 2.24) is 0 Å². The maximum absolute atomic E-state index is 13.6. The highest BCUT2D eigenvalue weighted by Gasteiger charge is 2.50. The molecule has 8 heteroatoms. The molecule has 0 saturated carbocycles. The van der Waals surface area contributed by atoms with Gasteiger partial charge >= 0.3 is 5.97 Å². The third-order valence-corrected chi connectivity index (χ3v) is 3.95. The van der Waals surface area contributed by atoms with Gasteiger partial charge in [-0.25, -0.2) is 14.0 Å². The highest BCUT2D eigenvalue weighted by atomic mass is 35.5. The molecular formula is C14H12ClFN2O4. The number of hydrogen-bond donors (Lipinski definition) is 0. The Morgan fingerprint density at radius 1 is 1.59 bits per heavy atom. The van der Waals surface area contributed by atoms with Gasteiger partial charge in [0.25, 0.3) is 0 Å². The number of carbonyl (C=O) groups excluding carboxylic acids is 2. The Hall–Kier alpha value is -2.24. The molecule has 0 aromatic heterocycles. The number of benzene rings is 1. The lowest BCUT2D eigenvalue weighted by Gasteiger charge is -2.23. The van der Waals surface area contributed by atoms with Crippen LogP contribution in [0.25, 0.3) is 0 Å². The molecule has 6 nitrogen and oxygen atoms in total. The molecule has 0 saturated heterocycles. The summed E-state index contributed by atoms with van der Waals surface area (Å²) in [5.74, 6) is -1.86. The van der Waals surface area contributed by atoms with Gasteiger partial charge in [0.15, 0.2) is 5.82 Å². The van der Waals surface area contributed by atoms with E-state index in [0.29, 0.717) is 11.3 Å². The standard InChI is InChI=1S/C14H12ClFN2O4/c1-7-12(18-22-14(7,2)13(20)21-3)8-4-11(17-6-19)10(16)5-9(8)15/h4-5,7H,1-3H3. The van der Waals surface area contributed by atoms with Gasteiger partial charge in [-0.2, -0.15) is 4.99 Å². The molecule has 2 rings (SSSR count). The Labute approximate surface area is 130 Å². The van der Waals surface area contributed by atoms with Crippen LogP contribution in [0.15, 0.2) is 22.3 Å². The summed E-state index contributed by atoms with van der Waals surface area (Å²) < 4.78 is 18.3. The number of oxime groups is 1. The molecule has 0 radical (unpaired) electrons. The van der Waals surface area contributed by atoms with Gasteiger partial charge in [0.05, 0.1) is 23.8 Å². The first-order chi connectivity index (χ1) is 10.3. The minimum Gasteiger partial charge on any atom is -0.466 e. The fourth-order valence-electron chi connectivity index (χ4n) is 2.13. The minimum absolute atomic E-state index is 0.0608. The number of rotatable bonds is 3. The Morgan fingerprint density at radius 2 is 2.27 bits per heavy atom. The zero-order chi connectivity index (χ0) is 16.5. The van der Waals surface area contributed by atoms with Crippen molar-refractivity contribution in [2.24, 2.45) is 16.1 Å². The second kappa shape index (κ2) is 5.87. The van der Waals surface area contributed by atoms with E-state index < -0.39 is 23.3 Å². The SMILES string of the molecule is COC(=O)C1(C)ON=C(c2cc(N=C=O)c(F)cc2Cl)C1C. The highest BCUT2D eigenvalue weighted by molar-refractivity contribution is 6.34. The van der Waals surface area contributed by atoms with Crippen LogP contribution < -0.4 is 0 Å². The van der Waals surface area contributed by atoms with Gasteiger partial charge < -0.3 is 9.57 Å². The molecule has 1 aliphatic rings. The predicted molar refractivity (Wildman–Crippen MR) is 76.4 cm³/mol. The first kappa shape index (κ1) is 16.1. The summed E-state index contributed by atoms with van der Waals surface area (Å²) >= 11 is 6.02. The number of esters is 1. The molecule has 2 unspecified atom stereocenters. The van der Waals surface area contributed by atoms with Gasteiger partial charge in [0.1, 0.15) is 5.69 Å². The van der Waals surface area contributed by atoms with Gasteiger partial charge in [-0.15, -0.1) is 0 Å². The van der Waals surface area contributed by atoms with Crippen LogP contribution in [0.5, 0.6) is 0 Å². The second-order valence-electron chi connectivity index (χ2n) is 4.87. The third kappa shape index (κ3) is 2.49. The average Bonchev–Trinajstić information content (AvgIpc) is 2.79. The maximum atomic E-state index is 13.6. The molecule has 1 aromatic rings. The van der Waals surface area contributed by atoms with E-state index in [4.69, 9.17) is 21.2 Å². The lowest BCUT2D eigenvalue weighted by Crippen LogP contribution is -2.43. The highest BCUT2D eigenvalue weighted by Crippen LogP contribution is 2.37. The number of aliphatic imine (C=N–C) groups is 1. The monoisotopic (exact) mass is 326 g/mol. The summed E-state index contributed by atoms with van der Waals surface area (Å²) in [6.07, 6.45) is 1.26. The smallest absolute Gasteiger partial charge is 0.353 e. The molecule has 0 amide bonds. The summed E-state index contributed by atoms with van der Waals surface area (Å²) in [5, 5.41) is 3.93. The van der Waals surface area contributed by atoms with Gasteiger partial charge in [0, 0.05) is 5.56 Å². The van der Waals surface area contributed by atoms with Crippen molar-refractivity contribution < 1.29 is 23.6 Å². The molecule has 22 heavy (non-hydrogen) atoms. The van der Waals surface area contributed by atoms with E-state index >= 15 is 0 Å². The van der Waals surface area contributed by atoms with Crippen LogP contribution in [0.4, 0.5) is 10.1 Å². The first-order valence-corrected chi connectivity index (χ1v) is 6.64. The van der Waals surface area contributed by atoms with E-state index in [2.05, 4.69) is 10.1 Å². The first-order valence-electron chi connectivity index (χ1n) is 6.27. The van der Waals surface area contributed by atoms with E-state index in [1.54, 1.807) is 6.92 Å². The molecule has 0 fully saturated rings. The van der Waals surface area contributed by atoms with E-state index in [1.807, 2.05) is 0 Å². The summed E-state index contributed by atoms with van der Waals surface area (Å²) in [5.41, 5.74) is -0.885. The minimum atomic E-state index is -1.31. The fraction of sp³-hybridized carbons (Fsp3) is 0.357. The average molecular weight is 327 g/mol. The zero-order valence-electron chi connectivity index (χ0n) is 12.0. The number of carbonyl (C=O) groups is 1. The van der Waals surface area contributed by atoms with Crippen LogP contribution in [0.2, 0.25) is 5.02 Å². The lowest BCUT2D eigenvalue weighted by atomic mass is 9.84. The van der Waals surface area contributed by atoms with Crippen molar-refractivity contribution in [2.75, 3.05) is 7.11 Å². The molecule has 1 heterocycles. The Balaban J connectivity index is 2.48. The number of halogens is 2. The Kier molecular flexibility index (Phi) is 4.30. The van der Waals surface area contributed by atoms with Crippen LogP contribution in [0.3, 0.4) is 0 Å². The largest absolute Gasteiger partial charge is 0.466 e. The van der Waals surface area contributed by atoms with Gasteiger partial charge in [-0.3, -0.25) is 0 Å². The van der Waals surface area contributed by atoms with Crippen molar-refractivity contribution in [3.63, 3.8) is 0 Å². The molecule has 0 bridgehead atoms. The molecule has 116 valence electrons. The van der Waals surface area contributed by atoms with E-state index in [1.165, 1.54) is 26.2 Å². The summed E-state index contributed by atoms with van der Waals surface area (Å²) in [4.78, 5) is 30.7. The number of isocyanates is 1. The van der Waals surface area contributed by atoms with Crippen molar-refractivity contribution >= 4 is 35.0 Å². The van der Waals surface area contributed by atoms with Crippen LogP contribution in [0, 0.1) is 11.7 Å².